The molecule has 4 heteroatoms. The number of benzene rings is 1. The SMILES string of the molecule is CNCC1OCCN(C2CC2)C1c1ccc(N(C)C)cc1. The van der Waals surface area contributed by atoms with E-state index in [1.165, 1.54) is 24.1 Å². The highest BCUT2D eigenvalue weighted by Gasteiger charge is 2.40. The minimum atomic E-state index is 0.245. The summed E-state index contributed by atoms with van der Waals surface area (Å²) >= 11 is 0. The fourth-order valence-corrected chi connectivity index (χ4v) is 3.32. The molecule has 1 aromatic rings. The lowest BCUT2D eigenvalue weighted by molar-refractivity contribution is -0.0739. The summed E-state index contributed by atoms with van der Waals surface area (Å²) in [5, 5.41) is 3.29. The van der Waals surface area contributed by atoms with Gasteiger partial charge in [0.05, 0.1) is 18.8 Å². The van der Waals surface area contributed by atoms with Crippen molar-refractivity contribution in [3.63, 3.8) is 0 Å². The lowest BCUT2D eigenvalue weighted by atomic mass is 9.97. The van der Waals surface area contributed by atoms with Crippen LogP contribution in [0.5, 0.6) is 0 Å². The van der Waals surface area contributed by atoms with Crippen LogP contribution >= 0.6 is 0 Å². The first-order valence-electron chi connectivity index (χ1n) is 8.00. The number of ether oxygens (including phenoxy) is 1. The van der Waals surface area contributed by atoms with Crippen molar-refractivity contribution in [1.82, 2.24) is 10.2 Å². The minimum absolute atomic E-state index is 0.245. The maximum Gasteiger partial charge on any atom is 0.0896 e. The largest absolute Gasteiger partial charge is 0.378 e. The Balaban J connectivity index is 1.85. The molecule has 0 bridgehead atoms. The van der Waals surface area contributed by atoms with Crippen LogP contribution in [-0.4, -0.2) is 57.9 Å². The first-order valence-corrected chi connectivity index (χ1v) is 8.00. The highest BCUT2D eigenvalue weighted by Crippen LogP contribution is 2.39. The standard InChI is InChI=1S/C17H27N3O/c1-18-12-16-17(20(10-11-21-16)15-8-9-15)13-4-6-14(7-5-13)19(2)3/h4-7,15-18H,8-12H2,1-3H3. The Labute approximate surface area is 128 Å². The van der Waals surface area contributed by atoms with E-state index in [4.69, 9.17) is 4.74 Å². The van der Waals surface area contributed by atoms with Crippen LogP contribution in [0.4, 0.5) is 5.69 Å². The molecule has 1 N–H and O–H groups in total. The number of nitrogens with one attached hydrogen (secondary N) is 1. The fourth-order valence-electron chi connectivity index (χ4n) is 3.32. The molecule has 21 heavy (non-hydrogen) atoms. The maximum atomic E-state index is 6.06. The lowest BCUT2D eigenvalue weighted by Gasteiger charge is -2.42. The van der Waals surface area contributed by atoms with Gasteiger partial charge < -0.3 is 15.0 Å². The molecule has 1 saturated heterocycles. The lowest BCUT2D eigenvalue weighted by Crippen LogP contribution is -2.49. The van der Waals surface area contributed by atoms with Crippen molar-refractivity contribution in [2.75, 3.05) is 45.7 Å². The number of likely N-dealkylation sites (N-methyl/N-ethyl adjacent to an activating group) is 1. The van der Waals surface area contributed by atoms with Gasteiger partial charge in [0, 0.05) is 38.9 Å². The second kappa shape index (κ2) is 6.34. The molecule has 2 unspecified atom stereocenters. The quantitative estimate of drug-likeness (QED) is 0.896. The third-order valence-corrected chi connectivity index (χ3v) is 4.56. The van der Waals surface area contributed by atoms with E-state index in [9.17, 15) is 0 Å². The highest BCUT2D eigenvalue weighted by atomic mass is 16.5. The summed E-state index contributed by atoms with van der Waals surface area (Å²) in [6.07, 6.45) is 2.94. The smallest absolute Gasteiger partial charge is 0.0896 e. The molecule has 2 fully saturated rings. The van der Waals surface area contributed by atoms with Gasteiger partial charge in [-0.3, -0.25) is 4.90 Å². The van der Waals surface area contributed by atoms with E-state index < -0.39 is 0 Å². The van der Waals surface area contributed by atoms with Crippen LogP contribution in [0.3, 0.4) is 0 Å². The van der Waals surface area contributed by atoms with Gasteiger partial charge in [-0.15, -0.1) is 0 Å². The number of morpholine rings is 1. The number of hydrogen-bond acceptors (Lipinski definition) is 4. The molecule has 2 atom stereocenters. The number of anilines is 1. The molecule has 1 saturated carbocycles. The molecule has 0 radical (unpaired) electrons. The van der Waals surface area contributed by atoms with Gasteiger partial charge in [-0.25, -0.2) is 0 Å². The molecule has 3 rings (SSSR count). The van der Waals surface area contributed by atoms with Crippen molar-refractivity contribution < 1.29 is 4.74 Å². The second-order valence-corrected chi connectivity index (χ2v) is 6.37. The predicted octanol–water partition coefficient (Wildman–Crippen LogP) is 1.88. The van der Waals surface area contributed by atoms with Crippen LogP contribution in [0.15, 0.2) is 24.3 Å². The average Bonchev–Trinajstić information content (AvgIpc) is 3.32. The summed E-state index contributed by atoms with van der Waals surface area (Å²) in [4.78, 5) is 4.81. The van der Waals surface area contributed by atoms with Crippen LogP contribution in [0.25, 0.3) is 0 Å². The molecule has 0 aromatic heterocycles. The van der Waals surface area contributed by atoms with E-state index >= 15 is 0 Å². The van der Waals surface area contributed by atoms with E-state index in [2.05, 4.69) is 53.5 Å². The molecule has 2 aliphatic rings. The summed E-state index contributed by atoms with van der Waals surface area (Å²) in [5.74, 6) is 0. The zero-order chi connectivity index (χ0) is 14.8. The molecule has 1 aliphatic heterocycles. The van der Waals surface area contributed by atoms with E-state index in [0.717, 1.165) is 25.7 Å². The van der Waals surface area contributed by atoms with E-state index in [1.807, 2.05) is 7.05 Å². The van der Waals surface area contributed by atoms with Crippen molar-refractivity contribution in [3.8, 4) is 0 Å². The molecule has 0 spiro atoms. The Morgan fingerprint density at radius 2 is 1.95 bits per heavy atom. The number of hydrogen-bond donors (Lipinski definition) is 1. The van der Waals surface area contributed by atoms with Crippen LogP contribution < -0.4 is 10.2 Å². The summed E-state index contributed by atoms with van der Waals surface area (Å²) < 4.78 is 6.06. The monoisotopic (exact) mass is 289 g/mol. The Kier molecular flexibility index (Phi) is 4.48. The summed E-state index contributed by atoms with van der Waals surface area (Å²) in [5.41, 5.74) is 2.63. The predicted molar refractivity (Wildman–Crippen MR) is 86.9 cm³/mol. The molecular formula is C17H27N3O. The zero-order valence-corrected chi connectivity index (χ0v) is 13.4. The number of rotatable bonds is 5. The first-order chi connectivity index (χ1) is 10.2. The Morgan fingerprint density at radius 1 is 1.24 bits per heavy atom. The van der Waals surface area contributed by atoms with Crippen LogP contribution in [-0.2, 0) is 4.74 Å². The van der Waals surface area contributed by atoms with Crippen molar-refractivity contribution in [2.24, 2.45) is 0 Å². The average molecular weight is 289 g/mol. The third kappa shape index (κ3) is 3.23. The minimum Gasteiger partial charge on any atom is -0.378 e. The van der Waals surface area contributed by atoms with Gasteiger partial charge in [-0.1, -0.05) is 12.1 Å². The molecule has 4 nitrogen and oxygen atoms in total. The van der Waals surface area contributed by atoms with Crippen LogP contribution in [0.1, 0.15) is 24.4 Å². The second-order valence-electron chi connectivity index (χ2n) is 6.37. The van der Waals surface area contributed by atoms with Crippen molar-refractivity contribution in [2.45, 2.75) is 31.0 Å². The van der Waals surface area contributed by atoms with Gasteiger partial charge in [0.2, 0.25) is 0 Å². The summed E-state index contributed by atoms with van der Waals surface area (Å²) in [6, 6.07) is 10.1. The Bertz CT molecular complexity index is 454. The topological polar surface area (TPSA) is 27.7 Å². The van der Waals surface area contributed by atoms with Crippen molar-refractivity contribution in [1.29, 1.82) is 0 Å². The van der Waals surface area contributed by atoms with Crippen LogP contribution in [0, 0.1) is 0 Å². The van der Waals surface area contributed by atoms with E-state index in [-0.39, 0.29) is 6.10 Å². The summed E-state index contributed by atoms with van der Waals surface area (Å²) in [6.45, 7) is 2.82. The Morgan fingerprint density at radius 3 is 2.52 bits per heavy atom. The van der Waals surface area contributed by atoms with E-state index in [1.54, 1.807) is 0 Å². The van der Waals surface area contributed by atoms with Gasteiger partial charge >= 0.3 is 0 Å². The van der Waals surface area contributed by atoms with Gasteiger partial charge in [-0.05, 0) is 37.6 Å². The van der Waals surface area contributed by atoms with Gasteiger partial charge in [0.1, 0.15) is 0 Å². The maximum absolute atomic E-state index is 6.06. The first kappa shape index (κ1) is 14.8. The van der Waals surface area contributed by atoms with Gasteiger partial charge in [0.15, 0.2) is 0 Å². The third-order valence-electron chi connectivity index (χ3n) is 4.56. The van der Waals surface area contributed by atoms with Gasteiger partial charge in [0.25, 0.3) is 0 Å². The zero-order valence-electron chi connectivity index (χ0n) is 13.4. The molecule has 1 aromatic carbocycles. The van der Waals surface area contributed by atoms with Gasteiger partial charge in [-0.2, -0.15) is 0 Å². The normalized spacial score (nSPS) is 26.8. The Hall–Kier alpha value is -1.10. The van der Waals surface area contributed by atoms with Crippen LogP contribution in [0.2, 0.25) is 0 Å². The van der Waals surface area contributed by atoms with Crippen molar-refractivity contribution in [3.05, 3.63) is 29.8 Å². The molecular weight excluding hydrogens is 262 g/mol. The molecule has 1 aliphatic carbocycles. The molecule has 0 amide bonds. The fraction of sp³-hybridized carbons (Fsp3) is 0.647. The highest BCUT2D eigenvalue weighted by molar-refractivity contribution is 5.46. The summed E-state index contributed by atoms with van der Waals surface area (Å²) in [7, 11) is 6.17. The number of nitrogens with zero attached hydrogens (tertiary/aromatic N) is 2. The molecule has 116 valence electrons. The molecule has 1 heterocycles. The van der Waals surface area contributed by atoms with Crippen molar-refractivity contribution >= 4 is 5.69 Å². The van der Waals surface area contributed by atoms with E-state index in [0.29, 0.717) is 6.04 Å².